The van der Waals surface area contributed by atoms with Gasteiger partial charge in [-0.3, -0.25) is 10.0 Å². The van der Waals surface area contributed by atoms with E-state index in [1.807, 2.05) is 6.07 Å². The van der Waals surface area contributed by atoms with E-state index in [0.29, 0.717) is 5.69 Å². The molecule has 0 saturated heterocycles. The molecule has 1 aliphatic carbocycles. The second kappa shape index (κ2) is 4.56. The predicted molar refractivity (Wildman–Crippen MR) is 62.8 cm³/mol. The number of hydroxylamine groups is 1. The minimum atomic E-state index is -0.657. The van der Waals surface area contributed by atoms with Crippen molar-refractivity contribution in [1.29, 1.82) is 0 Å². The van der Waals surface area contributed by atoms with Crippen LogP contribution in [0, 0.1) is 6.57 Å². The summed E-state index contributed by atoms with van der Waals surface area (Å²) >= 11 is 0. The summed E-state index contributed by atoms with van der Waals surface area (Å²) in [5.74, 6) is -0.364. The lowest BCUT2D eigenvalue weighted by Crippen LogP contribution is -2.41. The van der Waals surface area contributed by atoms with Crippen molar-refractivity contribution < 1.29 is 10.0 Å². The highest BCUT2D eigenvalue weighted by Gasteiger charge is 2.42. The maximum absolute atomic E-state index is 11.9. The van der Waals surface area contributed by atoms with Crippen molar-refractivity contribution in [3.8, 4) is 0 Å². The Morgan fingerprint density at radius 3 is 2.71 bits per heavy atom. The third kappa shape index (κ3) is 1.90. The van der Waals surface area contributed by atoms with Crippen LogP contribution < -0.4 is 5.48 Å². The van der Waals surface area contributed by atoms with Crippen LogP contribution in [0.25, 0.3) is 4.85 Å². The number of nitrogens with zero attached hydrogens (tertiary/aromatic N) is 1. The third-order valence-electron chi connectivity index (χ3n) is 3.52. The molecule has 88 valence electrons. The van der Waals surface area contributed by atoms with Gasteiger partial charge in [-0.15, -0.1) is 0 Å². The van der Waals surface area contributed by atoms with E-state index in [4.69, 9.17) is 11.8 Å². The Balaban J connectivity index is 2.46. The minimum absolute atomic E-state index is 0.364. The topological polar surface area (TPSA) is 53.7 Å². The molecule has 1 saturated carbocycles. The van der Waals surface area contributed by atoms with Crippen molar-refractivity contribution in [2.45, 2.75) is 31.1 Å². The summed E-state index contributed by atoms with van der Waals surface area (Å²) < 4.78 is 0. The zero-order valence-electron chi connectivity index (χ0n) is 9.44. The highest BCUT2D eigenvalue weighted by atomic mass is 16.5. The van der Waals surface area contributed by atoms with E-state index in [9.17, 15) is 4.79 Å². The molecule has 0 aliphatic heterocycles. The number of rotatable bonds is 2. The van der Waals surface area contributed by atoms with E-state index >= 15 is 0 Å². The average Bonchev–Trinajstić information content (AvgIpc) is 2.88. The Labute approximate surface area is 100 Å². The molecule has 0 aromatic heterocycles. The second-order valence-corrected chi connectivity index (χ2v) is 4.39. The van der Waals surface area contributed by atoms with Crippen LogP contribution in [0.3, 0.4) is 0 Å². The Hall–Kier alpha value is -1.86. The van der Waals surface area contributed by atoms with E-state index in [0.717, 1.165) is 31.2 Å². The van der Waals surface area contributed by atoms with Gasteiger partial charge in [-0.25, -0.2) is 10.3 Å². The van der Waals surface area contributed by atoms with Crippen LogP contribution in [0.2, 0.25) is 0 Å². The number of hydrogen-bond acceptors (Lipinski definition) is 2. The number of carbonyl (C=O) groups excluding carboxylic acids is 1. The summed E-state index contributed by atoms with van der Waals surface area (Å²) in [7, 11) is 0. The van der Waals surface area contributed by atoms with Crippen molar-refractivity contribution >= 4 is 11.6 Å². The zero-order chi connectivity index (χ0) is 12.3. The summed E-state index contributed by atoms with van der Waals surface area (Å²) in [4.78, 5) is 15.3. The number of carbonyl (C=O) groups is 1. The van der Waals surface area contributed by atoms with E-state index in [1.54, 1.807) is 23.7 Å². The first-order valence-corrected chi connectivity index (χ1v) is 5.65. The van der Waals surface area contributed by atoms with Crippen LogP contribution in [-0.2, 0) is 10.2 Å². The molecule has 0 spiro atoms. The van der Waals surface area contributed by atoms with Gasteiger partial charge in [-0.05, 0) is 18.4 Å². The molecule has 0 unspecified atom stereocenters. The number of hydrogen-bond donors (Lipinski definition) is 2. The molecule has 1 amide bonds. The van der Waals surface area contributed by atoms with Crippen molar-refractivity contribution in [1.82, 2.24) is 5.48 Å². The normalized spacial score (nSPS) is 17.4. The fourth-order valence-electron chi connectivity index (χ4n) is 2.61. The Morgan fingerprint density at radius 1 is 1.41 bits per heavy atom. The zero-order valence-corrected chi connectivity index (χ0v) is 9.44. The maximum atomic E-state index is 11.9. The lowest BCUT2D eigenvalue weighted by atomic mass is 9.78. The van der Waals surface area contributed by atoms with Crippen LogP contribution in [0.1, 0.15) is 31.2 Å². The van der Waals surface area contributed by atoms with Gasteiger partial charge >= 0.3 is 0 Å². The van der Waals surface area contributed by atoms with Crippen molar-refractivity contribution in [3.05, 3.63) is 41.2 Å². The predicted octanol–water partition coefficient (Wildman–Crippen LogP) is 2.55. The monoisotopic (exact) mass is 230 g/mol. The van der Waals surface area contributed by atoms with Crippen LogP contribution >= 0.6 is 0 Å². The molecule has 1 aromatic carbocycles. The van der Waals surface area contributed by atoms with Gasteiger partial charge < -0.3 is 0 Å². The minimum Gasteiger partial charge on any atom is -0.289 e. The smallest absolute Gasteiger partial charge is 0.253 e. The summed E-state index contributed by atoms with van der Waals surface area (Å²) in [6, 6.07) is 7.10. The van der Waals surface area contributed by atoms with Gasteiger partial charge in [0.05, 0.1) is 12.0 Å². The molecule has 1 fully saturated rings. The van der Waals surface area contributed by atoms with Gasteiger partial charge in [0.2, 0.25) is 0 Å². The van der Waals surface area contributed by atoms with Gasteiger partial charge in [0.15, 0.2) is 5.69 Å². The summed E-state index contributed by atoms with van der Waals surface area (Å²) in [6.45, 7) is 7.00. The lowest BCUT2D eigenvalue weighted by molar-refractivity contribution is -0.135. The quantitative estimate of drug-likeness (QED) is 0.466. The first-order valence-electron chi connectivity index (χ1n) is 5.65. The van der Waals surface area contributed by atoms with E-state index in [2.05, 4.69) is 4.85 Å². The molecule has 2 rings (SSSR count). The van der Waals surface area contributed by atoms with Gasteiger partial charge in [-0.2, -0.15) is 0 Å². The molecule has 4 nitrogen and oxygen atoms in total. The first kappa shape index (κ1) is 11.6. The molecule has 0 atom stereocenters. The standard InChI is InChI=1S/C13H14N2O2/c1-14-11-6-4-5-10(9-11)13(12(16)15-17)7-2-3-8-13/h4-6,9,17H,2-3,7-8H2,(H,15,16). The molecule has 0 bridgehead atoms. The SMILES string of the molecule is [C-]#[N+]c1cccc(C2(C(=O)NO)CCCC2)c1. The largest absolute Gasteiger partial charge is 0.289 e. The summed E-state index contributed by atoms with van der Waals surface area (Å²) in [5.41, 5.74) is 2.47. The number of nitrogens with one attached hydrogen (secondary N) is 1. The van der Waals surface area contributed by atoms with Gasteiger partial charge in [0, 0.05) is 0 Å². The molecule has 1 aromatic rings. The molecule has 2 N–H and O–H groups in total. The van der Waals surface area contributed by atoms with Crippen LogP contribution in [0.4, 0.5) is 5.69 Å². The van der Waals surface area contributed by atoms with Crippen LogP contribution in [0.5, 0.6) is 0 Å². The van der Waals surface area contributed by atoms with Gasteiger partial charge in [-0.1, -0.05) is 37.1 Å². The maximum Gasteiger partial charge on any atom is 0.253 e. The average molecular weight is 230 g/mol. The van der Waals surface area contributed by atoms with E-state index in [-0.39, 0.29) is 5.91 Å². The fraction of sp³-hybridized carbons (Fsp3) is 0.385. The van der Waals surface area contributed by atoms with Crippen molar-refractivity contribution in [2.75, 3.05) is 0 Å². The number of amides is 1. The van der Waals surface area contributed by atoms with E-state index < -0.39 is 5.41 Å². The molecule has 4 heteroatoms. The lowest BCUT2D eigenvalue weighted by Gasteiger charge is -2.27. The summed E-state index contributed by atoms with van der Waals surface area (Å²) in [6.07, 6.45) is 3.38. The van der Waals surface area contributed by atoms with E-state index in [1.165, 1.54) is 0 Å². The highest BCUT2D eigenvalue weighted by molar-refractivity contribution is 5.88. The van der Waals surface area contributed by atoms with Crippen LogP contribution in [0.15, 0.2) is 24.3 Å². The molecular weight excluding hydrogens is 216 g/mol. The molecule has 0 radical (unpaired) electrons. The van der Waals surface area contributed by atoms with Crippen molar-refractivity contribution in [2.24, 2.45) is 0 Å². The molecular formula is C13H14N2O2. The second-order valence-electron chi connectivity index (χ2n) is 4.39. The van der Waals surface area contributed by atoms with Gasteiger partial charge in [0.25, 0.3) is 5.91 Å². The highest BCUT2D eigenvalue weighted by Crippen LogP contribution is 2.42. The third-order valence-corrected chi connectivity index (χ3v) is 3.52. The summed E-state index contributed by atoms with van der Waals surface area (Å²) in [5, 5.41) is 8.89. The molecule has 17 heavy (non-hydrogen) atoms. The molecule has 0 heterocycles. The Bertz CT molecular complexity index is 471. The molecule has 1 aliphatic rings. The Kier molecular flexibility index (Phi) is 3.12. The van der Waals surface area contributed by atoms with Crippen LogP contribution in [-0.4, -0.2) is 11.1 Å². The fourth-order valence-corrected chi connectivity index (χ4v) is 2.61. The van der Waals surface area contributed by atoms with Crippen molar-refractivity contribution in [3.63, 3.8) is 0 Å². The Morgan fingerprint density at radius 2 is 2.12 bits per heavy atom. The first-order chi connectivity index (χ1) is 8.23. The van der Waals surface area contributed by atoms with Gasteiger partial charge in [0.1, 0.15) is 0 Å². The number of benzene rings is 1.